The smallest absolute Gasteiger partial charge is 0.303 e. The van der Waals surface area contributed by atoms with E-state index < -0.39 is 5.97 Å². The summed E-state index contributed by atoms with van der Waals surface area (Å²) in [6, 6.07) is 9.19. The van der Waals surface area contributed by atoms with Crippen molar-refractivity contribution in [2.45, 2.75) is 70.1 Å². The number of carbonyl (C=O) groups is 1. The molecule has 1 fully saturated rings. The van der Waals surface area contributed by atoms with E-state index in [1.54, 1.807) is 0 Å². The molecule has 20 heavy (non-hydrogen) atoms. The van der Waals surface area contributed by atoms with Crippen LogP contribution in [0.1, 0.15) is 74.8 Å². The van der Waals surface area contributed by atoms with Crippen LogP contribution in [0.4, 0.5) is 0 Å². The average Bonchev–Trinajstić information content (AvgIpc) is 3.27. The standard InChI is InChI=1S/C18H26O2/c19-18(20)8-6-4-2-1-3-5-7-15-9-11-16(12-10-15)17-13-14-17/h9-12,17H,1-8,13-14H2,(H,19,20). The number of hydrogen-bond donors (Lipinski definition) is 1. The van der Waals surface area contributed by atoms with E-state index in [1.165, 1.54) is 56.1 Å². The van der Waals surface area contributed by atoms with Crippen molar-refractivity contribution in [2.24, 2.45) is 0 Å². The number of rotatable bonds is 10. The highest BCUT2D eigenvalue weighted by atomic mass is 16.4. The van der Waals surface area contributed by atoms with Crippen molar-refractivity contribution in [3.63, 3.8) is 0 Å². The molecule has 0 radical (unpaired) electrons. The second-order valence-corrected chi connectivity index (χ2v) is 6.03. The van der Waals surface area contributed by atoms with E-state index in [1.807, 2.05) is 0 Å². The summed E-state index contributed by atoms with van der Waals surface area (Å²) in [6.07, 6.45) is 11.1. The lowest BCUT2D eigenvalue weighted by molar-refractivity contribution is -0.137. The Balaban J connectivity index is 1.49. The number of aryl methyl sites for hydroxylation is 1. The molecule has 0 unspecified atom stereocenters. The lowest BCUT2D eigenvalue weighted by Crippen LogP contribution is -1.93. The van der Waals surface area contributed by atoms with Crippen LogP contribution in [0.3, 0.4) is 0 Å². The Kier molecular flexibility index (Phi) is 6.10. The average molecular weight is 274 g/mol. The van der Waals surface area contributed by atoms with Crippen molar-refractivity contribution in [1.29, 1.82) is 0 Å². The normalized spacial score (nSPS) is 14.4. The lowest BCUT2D eigenvalue weighted by atomic mass is 10.0. The van der Waals surface area contributed by atoms with E-state index >= 15 is 0 Å². The molecule has 1 aliphatic rings. The van der Waals surface area contributed by atoms with E-state index in [2.05, 4.69) is 24.3 Å². The third-order valence-corrected chi connectivity index (χ3v) is 4.13. The van der Waals surface area contributed by atoms with Crippen LogP contribution in [-0.4, -0.2) is 11.1 Å². The summed E-state index contributed by atoms with van der Waals surface area (Å²) in [6.45, 7) is 0. The predicted molar refractivity (Wildman–Crippen MR) is 82.1 cm³/mol. The van der Waals surface area contributed by atoms with Crippen molar-refractivity contribution >= 4 is 5.97 Å². The lowest BCUT2D eigenvalue weighted by Gasteiger charge is -2.04. The minimum Gasteiger partial charge on any atom is -0.481 e. The van der Waals surface area contributed by atoms with Gasteiger partial charge in [-0.05, 0) is 49.1 Å². The first kappa shape index (κ1) is 15.1. The molecule has 1 aliphatic carbocycles. The Morgan fingerprint density at radius 3 is 2.15 bits per heavy atom. The zero-order valence-electron chi connectivity index (χ0n) is 12.3. The Hall–Kier alpha value is -1.31. The van der Waals surface area contributed by atoms with Crippen molar-refractivity contribution in [2.75, 3.05) is 0 Å². The fourth-order valence-electron chi connectivity index (χ4n) is 2.69. The van der Waals surface area contributed by atoms with Gasteiger partial charge in [0.15, 0.2) is 0 Å². The second-order valence-electron chi connectivity index (χ2n) is 6.03. The van der Waals surface area contributed by atoms with Gasteiger partial charge in [-0.1, -0.05) is 49.9 Å². The van der Waals surface area contributed by atoms with Crippen molar-refractivity contribution in [3.05, 3.63) is 35.4 Å². The van der Waals surface area contributed by atoms with E-state index in [4.69, 9.17) is 5.11 Å². The van der Waals surface area contributed by atoms with E-state index in [-0.39, 0.29) is 0 Å². The Bertz CT molecular complexity index is 404. The molecular weight excluding hydrogens is 248 g/mol. The molecule has 0 atom stereocenters. The Morgan fingerprint density at radius 2 is 1.55 bits per heavy atom. The number of benzene rings is 1. The highest BCUT2D eigenvalue weighted by molar-refractivity contribution is 5.66. The van der Waals surface area contributed by atoms with Crippen molar-refractivity contribution < 1.29 is 9.90 Å². The van der Waals surface area contributed by atoms with Gasteiger partial charge in [-0.25, -0.2) is 0 Å². The van der Waals surface area contributed by atoms with Gasteiger partial charge >= 0.3 is 5.97 Å². The molecule has 0 bridgehead atoms. The summed E-state index contributed by atoms with van der Waals surface area (Å²) in [7, 11) is 0. The minimum absolute atomic E-state index is 0.327. The van der Waals surface area contributed by atoms with Crippen molar-refractivity contribution in [3.8, 4) is 0 Å². The van der Waals surface area contributed by atoms with Crippen LogP contribution < -0.4 is 0 Å². The minimum atomic E-state index is -0.667. The van der Waals surface area contributed by atoms with Crippen LogP contribution in [0, 0.1) is 0 Å². The fraction of sp³-hybridized carbons (Fsp3) is 0.611. The molecule has 1 N–H and O–H groups in total. The van der Waals surface area contributed by atoms with E-state index in [0.29, 0.717) is 6.42 Å². The molecule has 0 heterocycles. The quantitative estimate of drug-likeness (QED) is 0.615. The number of unbranched alkanes of at least 4 members (excludes halogenated alkanes) is 5. The summed E-state index contributed by atoms with van der Waals surface area (Å²) < 4.78 is 0. The topological polar surface area (TPSA) is 37.3 Å². The molecule has 110 valence electrons. The van der Waals surface area contributed by atoms with Gasteiger partial charge in [-0.2, -0.15) is 0 Å². The van der Waals surface area contributed by atoms with Gasteiger partial charge in [0.05, 0.1) is 0 Å². The zero-order valence-corrected chi connectivity index (χ0v) is 12.3. The van der Waals surface area contributed by atoms with Crippen LogP contribution in [0.25, 0.3) is 0 Å². The summed E-state index contributed by atoms with van der Waals surface area (Å²) in [5.41, 5.74) is 2.98. The maximum absolute atomic E-state index is 10.4. The maximum Gasteiger partial charge on any atom is 0.303 e. The molecule has 0 aromatic heterocycles. The van der Waals surface area contributed by atoms with Gasteiger partial charge < -0.3 is 5.11 Å². The second kappa shape index (κ2) is 8.08. The van der Waals surface area contributed by atoms with Gasteiger partial charge in [-0.15, -0.1) is 0 Å². The molecule has 1 saturated carbocycles. The van der Waals surface area contributed by atoms with Gasteiger partial charge in [0.2, 0.25) is 0 Å². The van der Waals surface area contributed by atoms with E-state index in [0.717, 1.165) is 18.8 Å². The highest BCUT2D eigenvalue weighted by Gasteiger charge is 2.22. The molecule has 0 aliphatic heterocycles. The number of aliphatic carboxylic acids is 1. The monoisotopic (exact) mass is 274 g/mol. The van der Waals surface area contributed by atoms with Crippen LogP contribution in [0.5, 0.6) is 0 Å². The van der Waals surface area contributed by atoms with Gasteiger partial charge in [-0.3, -0.25) is 4.79 Å². The van der Waals surface area contributed by atoms with Crippen LogP contribution in [-0.2, 0) is 11.2 Å². The zero-order chi connectivity index (χ0) is 14.2. The first-order chi connectivity index (χ1) is 9.75. The Morgan fingerprint density at radius 1 is 0.950 bits per heavy atom. The predicted octanol–water partition coefficient (Wildman–Crippen LogP) is 4.92. The van der Waals surface area contributed by atoms with E-state index in [9.17, 15) is 4.79 Å². The molecule has 1 aromatic carbocycles. The van der Waals surface area contributed by atoms with Crippen LogP contribution >= 0.6 is 0 Å². The summed E-state index contributed by atoms with van der Waals surface area (Å²) in [4.78, 5) is 10.4. The first-order valence-electron chi connectivity index (χ1n) is 8.06. The molecular formula is C18H26O2. The van der Waals surface area contributed by atoms with Crippen LogP contribution in [0.2, 0.25) is 0 Å². The highest BCUT2D eigenvalue weighted by Crippen LogP contribution is 2.39. The number of hydrogen-bond acceptors (Lipinski definition) is 1. The molecule has 2 heteroatoms. The SMILES string of the molecule is O=C(O)CCCCCCCCc1ccc(C2CC2)cc1. The summed E-state index contributed by atoms with van der Waals surface area (Å²) >= 11 is 0. The Labute approximate surface area is 122 Å². The number of carboxylic acid groups (broad SMARTS) is 1. The fourth-order valence-corrected chi connectivity index (χ4v) is 2.69. The number of carboxylic acids is 1. The molecule has 1 aromatic rings. The van der Waals surface area contributed by atoms with Gasteiger partial charge in [0, 0.05) is 6.42 Å². The molecule has 2 nitrogen and oxygen atoms in total. The molecule has 0 amide bonds. The third-order valence-electron chi connectivity index (χ3n) is 4.13. The molecule has 0 spiro atoms. The van der Waals surface area contributed by atoms with Crippen molar-refractivity contribution in [1.82, 2.24) is 0 Å². The summed E-state index contributed by atoms with van der Waals surface area (Å²) in [5.74, 6) is 0.189. The molecule has 0 saturated heterocycles. The largest absolute Gasteiger partial charge is 0.481 e. The third kappa shape index (κ3) is 5.77. The summed E-state index contributed by atoms with van der Waals surface area (Å²) in [5, 5.41) is 8.54. The maximum atomic E-state index is 10.4. The van der Waals surface area contributed by atoms with Gasteiger partial charge in [0.25, 0.3) is 0 Å². The van der Waals surface area contributed by atoms with Gasteiger partial charge in [0.1, 0.15) is 0 Å². The first-order valence-corrected chi connectivity index (χ1v) is 8.06. The van der Waals surface area contributed by atoms with Crippen LogP contribution in [0.15, 0.2) is 24.3 Å². The molecule has 2 rings (SSSR count).